The van der Waals surface area contributed by atoms with Gasteiger partial charge in [0.15, 0.2) is 0 Å². The summed E-state index contributed by atoms with van der Waals surface area (Å²) in [6.07, 6.45) is 0. The minimum absolute atomic E-state index is 0.282. The van der Waals surface area contributed by atoms with Crippen LogP contribution in [-0.2, 0) is 0 Å². The lowest BCUT2D eigenvalue weighted by Crippen LogP contribution is -2.07. The van der Waals surface area contributed by atoms with Gasteiger partial charge < -0.3 is 5.32 Å². The monoisotopic (exact) mass is 229 g/mol. The summed E-state index contributed by atoms with van der Waals surface area (Å²) >= 11 is 0. The zero-order chi connectivity index (χ0) is 12.4. The molecule has 1 heterocycles. The van der Waals surface area contributed by atoms with E-state index in [1.54, 1.807) is 0 Å². The fourth-order valence-electron chi connectivity index (χ4n) is 2.00. The molecule has 17 heavy (non-hydrogen) atoms. The maximum absolute atomic E-state index is 4.19. The molecule has 0 spiro atoms. The van der Waals surface area contributed by atoms with Crippen LogP contribution in [0.2, 0.25) is 0 Å². The Morgan fingerprint density at radius 1 is 1.24 bits per heavy atom. The van der Waals surface area contributed by atoms with Gasteiger partial charge in [0.1, 0.15) is 0 Å². The molecule has 0 amide bonds. The third kappa shape index (κ3) is 2.49. The van der Waals surface area contributed by atoms with Gasteiger partial charge in [0.2, 0.25) is 0 Å². The first-order valence-electron chi connectivity index (χ1n) is 5.92. The number of hydrogen-bond donors (Lipinski definition) is 2. The minimum Gasteiger partial charge on any atom is -0.376 e. The maximum atomic E-state index is 4.19. The topological polar surface area (TPSA) is 40.7 Å². The van der Waals surface area contributed by atoms with Crippen molar-refractivity contribution in [3.63, 3.8) is 0 Å². The molecule has 1 unspecified atom stereocenters. The predicted octanol–water partition coefficient (Wildman–Crippen LogP) is 3.51. The summed E-state index contributed by atoms with van der Waals surface area (Å²) in [5.74, 6) is 0. The quantitative estimate of drug-likeness (QED) is 0.845. The predicted molar refractivity (Wildman–Crippen MR) is 71.3 cm³/mol. The van der Waals surface area contributed by atoms with Crippen molar-refractivity contribution in [3.05, 3.63) is 46.8 Å². The van der Waals surface area contributed by atoms with Crippen LogP contribution in [0.5, 0.6) is 0 Å². The summed E-state index contributed by atoms with van der Waals surface area (Å²) in [5.41, 5.74) is 5.80. The number of rotatable bonds is 3. The van der Waals surface area contributed by atoms with E-state index < -0.39 is 0 Å². The molecule has 2 N–H and O–H groups in total. The molecule has 0 aliphatic heterocycles. The molecule has 0 fully saturated rings. The van der Waals surface area contributed by atoms with Crippen molar-refractivity contribution < 1.29 is 0 Å². The lowest BCUT2D eigenvalue weighted by Gasteiger charge is -2.16. The number of anilines is 1. The van der Waals surface area contributed by atoms with Crippen molar-refractivity contribution in [2.75, 3.05) is 5.32 Å². The van der Waals surface area contributed by atoms with Crippen LogP contribution in [0.1, 0.15) is 35.5 Å². The third-order valence-electron chi connectivity index (χ3n) is 3.03. The van der Waals surface area contributed by atoms with Crippen molar-refractivity contribution >= 4 is 5.69 Å². The number of hydrogen-bond acceptors (Lipinski definition) is 2. The van der Waals surface area contributed by atoms with Crippen molar-refractivity contribution in [3.8, 4) is 0 Å². The lowest BCUT2D eigenvalue weighted by molar-refractivity contribution is 0.879. The van der Waals surface area contributed by atoms with Crippen LogP contribution in [0.25, 0.3) is 0 Å². The van der Waals surface area contributed by atoms with Crippen LogP contribution in [0.15, 0.2) is 24.3 Å². The third-order valence-corrected chi connectivity index (χ3v) is 3.03. The molecule has 3 nitrogen and oxygen atoms in total. The largest absolute Gasteiger partial charge is 0.376 e. The van der Waals surface area contributed by atoms with Crippen LogP contribution < -0.4 is 5.32 Å². The highest BCUT2D eigenvalue weighted by Gasteiger charge is 2.10. The first kappa shape index (κ1) is 11.7. The fourth-order valence-corrected chi connectivity index (χ4v) is 2.00. The Hall–Kier alpha value is -1.77. The van der Waals surface area contributed by atoms with E-state index >= 15 is 0 Å². The second-order valence-corrected chi connectivity index (χ2v) is 4.59. The average Bonchev–Trinajstić information content (AvgIpc) is 2.61. The van der Waals surface area contributed by atoms with Gasteiger partial charge in [-0.15, -0.1) is 0 Å². The number of aryl methyl sites for hydroxylation is 3. The number of aromatic nitrogens is 2. The molecule has 3 heteroatoms. The summed E-state index contributed by atoms with van der Waals surface area (Å²) in [6.45, 7) is 8.32. The SMILES string of the molecule is Cc1cccc(C(C)Nc2c(C)n[nH]c2C)c1. The van der Waals surface area contributed by atoms with Gasteiger partial charge in [-0.05, 0) is 33.3 Å². The van der Waals surface area contributed by atoms with Crippen LogP contribution in [-0.4, -0.2) is 10.2 Å². The Balaban J connectivity index is 2.20. The lowest BCUT2D eigenvalue weighted by atomic mass is 10.1. The number of benzene rings is 1. The average molecular weight is 229 g/mol. The van der Waals surface area contributed by atoms with Crippen molar-refractivity contribution in [2.24, 2.45) is 0 Å². The van der Waals surface area contributed by atoms with Gasteiger partial charge in [-0.25, -0.2) is 0 Å². The number of aromatic amines is 1. The van der Waals surface area contributed by atoms with E-state index in [1.165, 1.54) is 11.1 Å². The summed E-state index contributed by atoms with van der Waals surface area (Å²) in [4.78, 5) is 0. The maximum Gasteiger partial charge on any atom is 0.0825 e. The highest BCUT2D eigenvalue weighted by atomic mass is 15.2. The zero-order valence-corrected chi connectivity index (χ0v) is 10.8. The number of nitrogens with one attached hydrogen (secondary N) is 2. The zero-order valence-electron chi connectivity index (χ0n) is 10.8. The molecule has 1 aromatic carbocycles. The Bertz CT molecular complexity index is 494. The molecule has 1 aromatic heterocycles. The minimum atomic E-state index is 0.282. The molecule has 2 aromatic rings. The molecular formula is C14H19N3. The van der Waals surface area contributed by atoms with E-state index in [9.17, 15) is 0 Å². The molecule has 0 saturated carbocycles. The van der Waals surface area contributed by atoms with Gasteiger partial charge in [0, 0.05) is 6.04 Å². The van der Waals surface area contributed by atoms with E-state index in [0.29, 0.717) is 0 Å². The second-order valence-electron chi connectivity index (χ2n) is 4.59. The number of nitrogens with zero attached hydrogens (tertiary/aromatic N) is 1. The van der Waals surface area contributed by atoms with Gasteiger partial charge in [0.05, 0.1) is 17.1 Å². The van der Waals surface area contributed by atoms with Gasteiger partial charge in [-0.2, -0.15) is 5.10 Å². The second kappa shape index (κ2) is 4.62. The van der Waals surface area contributed by atoms with Crippen LogP contribution in [0, 0.1) is 20.8 Å². The Morgan fingerprint density at radius 3 is 2.59 bits per heavy atom. The number of H-pyrrole nitrogens is 1. The first-order chi connectivity index (χ1) is 8.08. The van der Waals surface area contributed by atoms with Crippen LogP contribution >= 0.6 is 0 Å². The molecule has 0 aliphatic carbocycles. The smallest absolute Gasteiger partial charge is 0.0825 e. The highest BCUT2D eigenvalue weighted by Crippen LogP contribution is 2.23. The Kier molecular flexibility index (Phi) is 3.18. The molecule has 2 rings (SSSR count). The molecular weight excluding hydrogens is 210 g/mol. The van der Waals surface area contributed by atoms with Crippen molar-refractivity contribution in [1.29, 1.82) is 0 Å². The molecule has 1 atom stereocenters. The highest BCUT2D eigenvalue weighted by molar-refractivity contribution is 5.53. The normalized spacial score (nSPS) is 12.5. The summed E-state index contributed by atoms with van der Waals surface area (Å²) in [7, 11) is 0. The Morgan fingerprint density at radius 2 is 2.00 bits per heavy atom. The van der Waals surface area contributed by atoms with Crippen molar-refractivity contribution in [1.82, 2.24) is 10.2 Å². The van der Waals surface area contributed by atoms with Crippen LogP contribution in [0.3, 0.4) is 0 Å². The Labute approximate surface area is 102 Å². The summed E-state index contributed by atoms with van der Waals surface area (Å²) < 4.78 is 0. The van der Waals surface area contributed by atoms with Gasteiger partial charge in [0.25, 0.3) is 0 Å². The molecule has 0 aliphatic rings. The fraction of sp³-hybridized carbons (Fsp3) is 0.357. The molecule has 0 bridgehead atoms. The molecule has 90 valence electrons. The first-order valence-corrected chi connectivity index (χ1v) is 5.92. The van der Waals surface area contributed by atoms with Gasteiger partial charge in [-0.1, -0.05) is 29.8 Å². The van der Waals surface area contributed by atoms with Crippen molar-refractivity contribution in [2.45, 2.75) is 33.7 Å². The summed E-state index contributed by atoms with van der Waals surface area (Å²) in [6, 6.07) is 8.85. The summed E-state index contributed by atoms with van der Waals surface area (Å²) in [5, 5.41) is 10.7. The standard InChI is InChI=1S/C14H19N3/c1-9-6-5-7-13(8-9)10(2)15-14-11(3)16-17-12(14)4/h5-8,10,15H,1-4H3,(H,16,17). The van der Waals surface area contributed by atoms with E-state index in [0.717, 1.165) is 17.1 Å². The van der Waals surface area contributed by atoms with Gasteiger partial charge >= 0.3 is 0 Å². The van der Waals surface area contributed by atoms with Crippen LogP contribution in [0.4, 0.5) is 5.69 Å². The van der Waals surface area contributed by atoms with Gasteiger partial charge in [-0.3, -0.25) is 5.10 Å². The molecule has 0 radical (unpaired) electrons. The van der Waals surface area contributed by atoms with E-state index in [2.05, 4.69) is 53.6 Å². The molecule has 0 saturated heterocycles. The van der Waals surface area contributed by atoms with E-state index in [-0.39, 0.29) is 6.04 Å². The van der Waals surface area contributed by atoms with E-state index in [1.807, 2.05) is 13.8 Å². The van der Waals surface area contributed by atoms with E-state index in [4.69, 9.17) is 0 Å².